The predicted octanol–water partition coefficient (Wildman–Crippen LogP) is 1.72. The van der Waals surface area contributed by atoms with Crippen molar-refractivity contribution < 1.29 is 23.1 Å². The van der Waals surface area contributed by atoms with Crippen LogP contribution >= 0.6 is 0 Å². The van der Waals surface area contributed by atoms with Crippen LogP contribution < -0.4 is 5.73 Å². The fourth-order valence-corrected chi connectivity index (χ4v) is 1.28. The molecule has 1 atom stereocenters. The summed E-state index contributed by atoms with van der Waals surface area (Å²) in [5.41, 5.74) is 2.00. The van der Waals surface area contributed by atoms with Crippen molar-refractivity contribution in [1.29, 1.82) is 0 Å². The summed E-state index contributed by atoms with van der Waals surface area (Å²) >= 11 is 0. The van der Waals surface area contributed by atoms with Crippen LogP contribution in [0.5, 0.6) is 0 Å². The predicted molar refractivity (Wildman–Crippen MR) is 50.5 cm³/mol. The lowest BCUT2D eigenvalue weighted by Gasteiger charge is -2.31. The Kier molecular flexibility index (Phi) is 2.96. The Morgan fingerprint density at radius 3 is 2.06 bits per heavy atom. The average molecular weight is 233 g/mol. The van der Waals surface area contributed by atoms with E-state index in [4.69, 9.17) is 10.8 Å². The lowest BCUT2D eigenvalue weighted by atomic mass is 9.85. The maximum absolute atomic E-state index is 13.2. The first-order chi connectivity index (χ1) is 7.19. The molecule has 0 saturated heterocycles. The Labute approximate surface area is 89.7 Å². The van der Waals surface area contributed by atoms with Crippen LogP contribution in [-0.2, 0) is 10.3 Å². The Balaban J connectivity index is 3.34. The molecule has 0 radical (unpaired) electrons. The van der Waals surface area contributed by atoms with Gasteiger partial charge in [0.2, 0.25) is 5.54 Å². The highest BCUT2D eigenvalue weighted by Gasteiger charge is 2.54. The van der Waals surface area contributed by atoms with E-state index in [1.54, 1.807) is 0 Å². The molecule has 1 aromatic carbocycles. The molecule has 1 rings (SSSR count). The van der Waals surface area contributed by atoms with Gasteiger partial charge in [-0.25, -0.2) is 18.0 Å². The van der Waals surface area contributed by atoms with E-state index in [1.807, 2.05) is 0 Å². The van der Waals surface area contributed by atoms with E-state index < -0.39 is 23.2 Å². The summed E-state index contributed by atoms with van der Waals surface area (Å²) in [5.74, 6) is -6.20. The number of alkyl halides is 2. The van der Waals surface area contributed by atoms with Gasteiger partial charge in [0.25, 0.3) is 5.92 Å². The van der Waals surface area contributed by atoms with E-state index in [9.17, 15) is 18.0 Å². The molecular formula is C10H10F3NO2. The summed E-state index contributed by atoms with van der Waals surface area (Å²) in [4.78, 5) is 10.9. The minimum absolute atomic E-state index is 0.353. The summed E-state index contributed by atoms with van der Waals surface area (Å²) in [7, 11) is 0. The smallest absolute Gasteiger partial charge is 0.334 e. The van der Waals surface area contributed by atoms with E-state index in [0.717, 1.165) is 24.3 Å². The van der Waals surface area contributed by atoms with Crippen LogP contribution in [-0.4, -0.2) is 17.0 Å². The number of hydrogen-bond acceptors (Lipinski definition) is 2. The zero-order chi connectivity index (χ0) is 12.6. The van der Waals surface area contributed by atoms with Gasteiger partial charge in [-0.2, -0.15) is 0 Å². The Morgan fingerprint density at radius 2 is 1.75 bits per heavy atom. The van der Waals surface area contributed by atoms with Crippen LogP contribution in [0.4, 0.5) is 13.2 Å². The monoisotopic (exact) mass is 233 g/mol. The molecule has 1 aromatic rings. The average Bonchev–Trinajstić information content (AvgIpc) is 2.15. The van der Waals surface area contributed by atoms with Crippen molar-refractivity contribution >= 4 is 5.97 Å². The molecule has 3 N–H and O–H groups in total. The molecule has 0 aliphatic rings. The molecule has 1 unspecified atom stereocenters. The summed E-state index contributed by atoms with van der Waals surface area (Å²) in [6, 6.07) is 3.62. The Morgan fingerprint density at radius 1 is 1.31 bits per heavy atom. The highest BCUT2D eigenvalue weighted by molar-refractivity contribution is 5.82. The van der Waals surface area contributed by atoms with Gasteiger partial charge in [-0.05, 0) is 17.7 Å². The van der Waals surface area contributed by atoms with Gasteiger partial charge in [0.15, 0.2) is 0 Å². The van der Waals surface area contributed by atoms with Gasteiger partial charge < -0.3 is 10.8 Å². The van der Waals surface area contributed by atoms with Crippen molar-refractivity contribution in [2.75, 3.05) is 0 Å². The van der Waals surface area contributed by atoms with Gasteiger partial charge in [-0.15, -0.1) is 0 Å². The van der Waals surface area contributed by atoms with E-state index in [2.05, 4.69) is 0 Å². The lowest BCUT2D eigenvalue weighted by Crippen LogP contribution is -2.57. The zero-order valence-corrected chi connectivity index (χ0v) is 8.38. The van der Waals surface area contributed by atoms with Crippen molar-refractivity contribution in [1.82, 2.24) is 0 Å². The van der Waals surface area contributed by atoms with Gasteiger partial charge in [0.05, 0.1) is 0 Å². The SMILES string of the molecule is CC(F)(F)C(N)(C(=O)O)c1ccc(F)cc1. The molecule has 0 fully saturated rings. The topological polar surface area (TPSA) is 63.3 Å². The van der Waals surface area contributed by atoms with E-state index in [1.165, 1.54) is 0 Å². The molecule has 3 nitrogen and oxygen atoms in total. The third kappa shape index (κ3) is 1.88. The minimum Gasteiger partial charge on any atom is -0.479 e. The molecule has 0 spiro atoms. The van der Waals surface area contributed by atoms with Crippen LogP contribution in [0.25, 0.3) is 0 Å². The molecule has 0 saturated carbocycles. The maximum atomic E-state index is 13.2. The van der Waals surface area contributed by atoms with E-state index in [-0.39, 0.29) is 5.56 Å². The van der Waals surface area contributed by atoms with Crippen LogP contribution in [0.1, 0.15) is 12.5 Å². The molecule has 0 aliphatic heterocycles. The first kappa shape index (κ1) is 12.5. The van der Waals surface area contributed by atoms with Crippen molar-refractivity contribution in [2.24, 2.45) is 5.73 Å². The molecule has 16 heavy (non-hydrogen) atoms. The lowest BCUT2D eigenvalue weighted by molar-refractivity contribution is -0.160. The number of nitrogens with two attached hydrogens (primary N) is 1. The minimum atomic E-state index is -3.67. The molecule has 0 aromatic heterocycles. The second-order valence-corrected chi connectivity index (χ2v) is 3.51. The molecular weight excluding hydrogens is 223 g/mol. The molecule has 88 valence electrons. The Bertz CT molecular complexity index is 400. The second kappa shape index (κ2) is 3.79. The largest absolute Gasteiger partial charge is 0.479 e. The number of benzene rings is 1. The molecule has 0 amide bonds. The highest BCUT2D eigenvalue weighted by atomic mass is 19.3. The fourth-order valence-electron chi connectivity index (χ4n) is 1.28. The van der Waals surface area contributed by atoms with Crippen LogP contribution in [0.2, 0.25) is 0 Å². The van der Waals surface area contributed by atoms with Crippen LogP contribution in [0, 0.1) is 5.82 Å². The van der Waals surface area contributed by atoms with Crippen LogP contribution in [0.3, 0.4) is 0 Å². The molecule has 0 heterocycles. The molecule has 0 bridgehead atoms. The summed E-state index contributed by atoms with van der Waals surface area (Å²) < 4.78 is 39.0. The number of aliphatic carboxylic acids is 1. The van der Waals surface area contributed by atoms with Crippen LogP contribution in [0.15, 0.2) is 24.3 Å². The highest BCUT2D eigenvalue weighted by Crippen LogP contribution is 2.35. The number of carboxylic acid groups (broad SMARTS) is 1. The first-order valence-electron chi connectivity index (χ1n) is 4.35. The van der Waals surface area contributed by atoms with Gasteiger partial charge in [-0.3, -0.25) is 0 Å². The third-order valence-electron chi connectivity index (χ3n) is 2.33. The zero-order valence-electron chi connectivity index (χ0n) is 8.38. The van der Waals surface area contributed by atoms with Crippen molar-refractivity contribution in [3.05, 3.63) is 35.6 Å². The van der Waals surface area contributed by atoms with Gasteiger partial charge in [0, 0.05) is 6.92 Å². The van der Waals surface area contributed by atoms with E-state index >= 15 is 0 Å². The quantitative estimate of drug-likeness (QED) is 0.835. The number of hydrogen-bond donors (Lipinski definition) is 2. The molecule has 0 aliphatic carbocycles. The Hall–Kier alpha value is -1.56. The number of carbonyl (C=O) groups is 1. The summed E-state index contributed by atoms with van der Waals surface area (Å²) in [5, 5.41) is 8.79. The second-order valence-electron chi connectivity index (χ2n) is 3.51. The standard InChI is InChI=1S/C10H10F3NO2/c1-9(12,13)10(14,8(15)16)6-2-4-7(11)5-3-6/h2-5H,14H2,1H3,(H,15,16). The number of halogens is 3. The van der Waals surface area contributed by atoms with Gasteiger partial charge in [0.1, 0.15) is 5.82 Å². The summed E-state index contributed by atoms with van der Waals surface area (Å²) in [6.07, 6.45) is 0. The normalized spacial score (nSPS) is 15.6. The first-order valence-corrected chi connectivity index (χ1v) is 4.35. The van der Waals surface area contributed by atoms with Crippen molar-refractivity contribution in [3.63, 3.8) is 0 Å². The van der Waals surface area contributed by atoms with E-state index in [0.29, 0.717) is 6.92 Å². The number of carboxylic acids is 1. The van der Waals surface area contributed by atoms with Crippen molar-refractivity contribution in [3.8, 4) is 0 Å². The fraction of sp³-hybridized carbons (Fsp3) is 0.300. The maximum Gasteiger partial charge on any atom is 0.334 e. The van der Waals surface area contributed by atoms with Gasteiger partial charge >= 0.3 is 5.97 Å². The number of rotatable bonds is 3. The summed E-state index contributed by atoms with van der Waals surface area (Å²) in [6.45, 7) is 0.407. The van der Waals surface area contributed by atoms with Gasteiger partial charge in [-0.1, -0.05) is 12.1 Å². The van der Waals surface area contributed by atoms with Crippen molar-refractivity contribution in [2.45, 2.75) is 18.4 Å². The molecule has 6 heteroatoms. The third-order valence-corrected chi connectivity index (χ3v) is 2.33.